The van der Waals surface area contributed by atoms with Crippen LogP contribution in [0.2, 0.25) is 0 Å². The van der Waals surface area contributed by atoms with Gasteiger partial charge in [0.15, 0.2) is 12.2 Å². The SMILES string of the molecule is C/C1=C\C=C(\C(C)C)[C@@H](OC(=O)c2ccc(N(C)C)cc2)[C@H](OC(=O)c2ccc(N(C)C)cc2)/C(C)=C/CC/C(C)=C/CC1. The summed E-state index contributed by atoms with van der Waals surface area (Å²) in [5, 5.41) is 0. The lowest BCUT2D eigenvalue weighted by Gasteiger charge is -2.31. The number of hydrogen-bond acceptors (Lipinski definition) is 6. The highest BCUT2D eigenvalue weighted by molar-refractivity contribution is 5.91. The lowest BCUT2D eigenvalue weighted by atomic mass is 9.89. The molecule has 0 radical (unpaired) electrons. The van der Waals surface area contributed by atoms with Crippen molar-refractivity contribution >= 4 is 23.3 Å². The van der Waals surface area contributed by atoms with E-state index in [9.17, 15) is 9.59 Å². The molecule has 0 spiro atoms. The zero-order valence-corrected chi connectivity index (χ0v) is 28.0. The van der Waals surface area contributed by atoms with Gasteiger partial charge in [-0.1, -0.05) is 49.3 Å². The van der Waals surface area contributed by atoms with Gasteiger partial charge in [0, 0.05) is 39.6 Å². The second kappa shape index (κ2) is 16.1. The Kier molecular flexibility index (Phi) is 12.6. The van der Waals surface area contributed by atoms with Crippen LogP contribution in [0.15, 0.2) is 95.1 Å². The number of allylic oxidation sites excluding steroid dienone is 6. The highest BCUT2D eigenvalue weighted by Gasteiger charge is 2.35. The van der Waals surface area contributed by atoms with Gasteiger partial charge in [-0.05, 0) is 112 Å². The van der Waals surface area contributed by atoms with Crippen LogP contribution in [0.5, 0.6) is 0 Å². The molecule has 6 heteroatoms. The smallest absolute Gasteiger partial charge is 0.338 e. The van der Waals surface area contributed by atoms with Crippen molar-refractivity contribution in [3.05, 3.63) is 106 Å². The lowest BCUT2D eigenvalue weighted by molar-refractivity contribution is -0.0155. The summed E-state index contributed by atoms with van der Waals surface area (Å²) in [7, 11) is 7.82. The van der Waals surface area contributed by atoms with Crippen molar-refractivity contribution in [2.24, 2.45) is 5.92 Å². The van der Waals surface area contributed by atoms with E-state index in [0.29, 0.717) is 11.1 Å². The lowest BCUT2D eigenvalue weighted by Crippen LogP contribution is -2.39. The summed E-state index contributed by atoms with van der Waals surface area (Å²) < 4.78 is 12.7. The van der Waals surface area contributed by atoms with Crippen LogP contribution in [-0.4, -0.2) is 52.3 Å². The third-order valence-electron chi connectivity index (χ3n) is 8.02. The van der Waals surface area contributed by atoms with Gasteiger partial charge in [0.25, 0.3) is 0 Å². The fourth-order valence-corrected chi connectivity index (χ4v) is 5.09. The minimum atomic E-state index is -0.819. The Balaban J connectivity index is 2.11. The average Bonchev–Trinajstić information content (AvgIpc) is 2.98. The summed E-state index contributed by atoms with van der Waals surface area (Å²) >= 11 is 0. The molecule has 1 aliphatic rings. The molecule has 3 rings (SSSR count). The highest BCUT2D eigenvalue weighted by Crippen LogP contribution is 2.30. The topological polar surface area (TPSA) is 59.1 Å². The summed E-state index contributed by atoms with van der Waals surface area (Å²) in [6, 6.07) is 14.7. The van der Waals surface area contributed by atoms with Gasteiger partial charge >= 0.3 is 11.9 Å². The summed E-state index contributed by atoms with van der Waals surface area (Å²) in [5.41, 5.74) is 7.15. The van der Waals surface area contributed by atoms with Gasteiger partial charge in [0.05, 0.1) is 11.1 Å². The Morgan fingerprint density at radius 2 is 1.11 bits per heavy atom. The number of anilines is 2. The van der Waals surface area contributed by atoms with Gasteiger partial charge in [-0.3, -0.25) is 0 Å². The van der Waals surface area contributed by atoms with Gasteiger partial charge in [-0.15, -0.1) is 0 Å². The molecule has 44 heavy (non-hydrogen) atoms. The van der Waals surface area contributed by atoms with Crippen molar-refractivity contribution in [3.8, 4) is 0 Å². The van der Waals surface area contributed by atoms with E-state index in [1.807, 2.05) is 69.2 Å². The van der Waals surface area contributed by atoms with Crippen LogP contribution in [0.4, 0.5) is 11.4 Å². The number of nitrogens with zero attached hydrogens (tertiary/aromatic N) is 2. The first-order chi connectivity index (χ1) is 20.9. The predicted molar refractivity (Wildman–Crippen MR) is 183 cm³/mol. The van der Waals surface area contributed by atoms with E-state index in [4.69, 9.17) is 9.47 Å². The number of hydrogen-bond donors (Lipinski definition) is 0. The largest absolute Gasteiger partial charge is 0.450 e. The summed E-state index contributed by atoms with van der Waals surface area (Å²) in [6.07, 6.45) is 10.6. The summed E-state index contributed by atoms with van der Waals surface area (Å²) in [5.74, 6) is -0.899. The molecule has 0 aromatic heterocycles. The third kappa shape index (κ3) is 9.73. The molecule has 6 nitrogen and oxygen atoms in total. The van der Waals surface area contributed by atoms with Crippen LogP contribution in [-0.2, 0) is 9.47 Å². The van der Waals surface area contributed by atoms with E-state index in [1.54, 1.807) is 24.3 Å². The maximum Gasteiger partial charge on any atom is 0.338 e. The van der Waals surface area contributed by atoms with Crippen molar-refractivity contribution in [1.82, 2.24) is 0 Å². The number of esters is 2. The van der Waals surface area contributed by atoms with Crippen molar-refractivity contribution in [3.63, 3.8) is 0 Å². The van der Waals surface area contributed by atoms with Gasteiger partial charge in [-0.25, -0.2) is 9.59 Å². The monoisotopic (exact) mass is 598 g/mol. The normalized spacial score (nSPS) is 23.0. The first-order valence-electron chi connectivity index (χ1n) is 15.5. The van der Waals surface area contributed by atoms with Gasteiger partial charge in [-0.2, -0.15) is 0 Å². The number of benzene rings is 2. The van der Waals surface area contributed by atoms with Crippen molar-refractivity contribution in [1.29, 1.82) is 0 Å². The molecular weight excluding hydrogens is 548 g/mol. The van der Waals surface area contributed by atoms with Crippen LogP contribution >= 0.6 is 0 Å². The van der Waals surface area contributed by atoms with Crippen LogP contribution in [0.1, 0.15) is 81.0 Å². The van der Waals surface area contributed by atoms with Crippen LogP contribution in [0, 0.1) is 5.92 Å². The Bertz CT molecular complexity index is 1390. The molecule has 2 atom stereocenters. The van der Waals surface area contributed by atoms with Crippen molar-refractivity contribution < 1.29 is 19.1 Å². The molecule has 0 saturated carbocycles. The number of carbonyl (C=O) groups is 2. The fraction of sp³-hybridized carbons (Fsp3) is 0.421. The minimum absolute atomic E-state index is 0.0244. The Labute approximate surface area is 264 Å². The van der Waals surface area contributed by atoms with Crippen LogP contribution in [0.25, 0.3) is 0 Å². The number of carbonyl (C=O) groups excluding carboxylic acids is 2. The molecule has 2 aromatic carbocycles. The summed E-state index contributed by atoms with van der Waals surface area (Å²) in [4.78, 5) is 31.3. The van der Waals surface area contributed by atoms with E-state index in [2.05, 4.69) is 52.0 Å². The molecule has 0 saturated heterocycles. The molecule has 0 bridgehead atoms. The van der Waals surface area contributed by atoms with Crippen LogP contribution < -0.4 is 9.80 Å². The van der Waals surface area contributed by atoms with Gasteiger partial charge < -0.3 is 19.3 Å². The van der Waals surface area contributed by atoms with E-state index < -0.39 is 24.1 Å². The molecule has 0 fully saturated rings. The second-order valence-corrected chi connectivity index (χ2v) is 12.4. The maximum atomic E-state index is 13.7. The molecule has 0 N–H and O–H groups in total. The van der Waals surface area contributed by atoms with Crippen molar-refractivity contribution in [2.45, 2.75) is 72.5 Å². The molecule has 0 aliphatic heterocycles. The molecule has 0 heterocycles. The van der Waals surface area contributed by atoms with Gasteiger partial charge in [0.1, 0.15) is 0 Å². The first-order valence-corrected chi connectivity index (χ1v) is 15.5. The Morgan fingerprint density at radius 3 is 1.59 bits per heavy atom. The predicted octanol–water partition coefficient (Wildman–Crippen LogP) is 8.56. The van der Waals surface area contributed by atoms with Crippen molar-refractivity contribution in [2.75, 3.05) is 38.0 Å². The van der Waals surface area contributed by atoms with Crippen LogP contribution in [0.3, 0.4) is 0 Å². The molecule has 1 aliphatic carbocycles. The van der Waals surface area contributed by atoms with Gasteiger partial charge in [0.2, 0.25) is 0 Å². The van der Waals surface area contributed by atoms with E-state index in [1.165, 1.54) is 11.1 Å². The molecule has 0 unspecified atom stereocenters. The quantitative estimate of drug-likeness (QED) is 0.235. The minimum Gasteiger partial charge on any atom is -0.450 e. The summed E-state index contributed by atoms with van der Waals surface area (Å²) in [6.45, 7) is 10.4. The van der Waals surface area contributed by atoms with E-state index in [0.717, 1.165) is 48.2 Å². The molecule has 236 valence electrons. The standard InChI is InChI=1S/C38H50N2O4/c1-26(2)34-25-16-28(4)13-10-12-27(3)14-11-15-29(5)35(43-37(41)30-17-21-32(22-18-30)39(6)7)36(34)44-38(42)31-19-23-33(24-20-31)40(8)9/h12,15-26,35-36H,10-11,13-14H2,1-9H3/b27-12+,28-16+,29-15+,34-25-/t35-,36-/m1/s1. The molecule has 0 amide bonds. The van der Waals surface area contributed by atoms with E-state index in [-0.39, 0.29) is 5.92 Å². The Hall–Kier alpha value is -4.06. The molecular formula is C38H50N2O4. The zero-order chi connectivity index (χ0) is 32.4. The zero-order valence-electron chi connectivity index (χ0n) is 28.0. The number of rotatable bonds is 7. The fourth-order valence-electron chi connectivity index (χ4n) is 5.09. The maximum absolute atomic E-state index is 13.7. The molecule has 2 aromatic rings. The van der Waals surface area contributed by atoms with E-state index >= 15 is 0 Å². The highest BCUT2D eigenvalue weighted by atomic mass is 16.6. The first kappa shape index (κ1) is 34.4. The number of ether oxygens (including phenoxy) is 2. The Morgan fingerprint density at radius 1 is 0.659 bits per heavy atom. The third-order valence-corrected chi connectivity index (χ3v) is 8.02. The second-order valence-electron chi connectivity index (χ2n) is 12.4. The average molecular weight is 599 g/mol.